The molecule has 0 aliphatic heterocycles. The lowest BCUT2D eigenvalue weighted by Crippen LogP contribution is -2.26. The second-order valence-electron chi connectivity index (χ2n) is 4.03. The Morgan fingerprint density at radius 1 is 1.42 bits per heavy atom. The van der Waals surface area contributed by atoms with Crippen molar-refractivity contribution < 1.29 is 9.32 Å². The van der Waals surface area contributed by atoms with Gasteiger partial charge in [0.2, 0.25) is 0 Å². The molecule has 2 heterocycles. The molecule has 100 valence electrons. The van der Waals surface area contributed by atoms with Crippen LogP contribution in [0.3, 0.4) is 0 Å². The average molecular weight is 260 g/mol. The van der Waals surface area contributed by atoms with Gasteiger partial charge in [-0.3, -0.25) is 9.78 Å². The van der Waals surface area contributed by atoms with Gasteiger partial charge < -0.3 is 15.2 Å². The summed E-state index contributed by atoms with van der Waals surface area (Å²) >= 11 is 0. The lowest BCUT2D eigenvalue weighted by molar-refractivity contribution is 0.0944. The highest BCUT2D eigenvalue weighted by Crippen LogP contribution is 2.18. The van der Waals surface area contributed by atoms with E-state index in [4.69, 9.17) is 4.52 Å². The molecule has 2 rings (SSSR count). The molecule has 0 saturated carbocycles. The zero-order valence-corrected chi connectivity index (χ0v) is 10.7. The summed E-state index contributed by atoms with van der Waals surface area (Å²) in [6.07, 6.45) is 4.21. The molecule has 0 bridgehead atoms. The minimum atomic E-state index is -0.227. The van der Waals surface area contributed by atoms with Crippen LogP contribution in [0.25, 0.3) is 11.3 Å². The number of aromatic nitrogens is 2. The van der Waals surface area contributed by atoms with Crippen molar-refractivity contribution in [2.75, 3.05) is 20.1 Å². The maximum absolute atomic E-state index is 11.8. The summed E-state index contributed by atoms with van der Waals surface area (Å²) in [5.41, 5.74) is 1.08. The number of hydrogen-bond donors (Lipinski definition) is 2. The maximum Gasteiger partial charge on any atom is 0.273 e. The summed E-state index contributed by atoms with van der Waals surface area (Å²) < 4.78 is 5.14. The summed E-state index contributed by atoms with van der Waals surface area (Å²) in [7, 11) is 1.87. The molecule has 0 atom stereocenters. The van der Waals surface area contributed by atoms with Crippen molar-refractivity contribution in [1.82, 2.24) is 20.8 Å². The van der Waals surface area contributed by atoms with Crippen LogP contribution in [0.2, 0.25) is 0 Å². The smallest absolute Gasteiger partial charge is 0.273 e. The summed E-state index contributed by atoms with van der Waals surface area (Å²) in [5.74, 6) is 0.309. The Labute approximate surface area is 111 Å². The molecule has 0 unspecified atom stereocenters. The number of hydrogen-bond acceptors (Lipinski definition) is 5. The van der Waals surface area contributed by atoms with Crippen molar-refractivity contribution in [3.8, 4) is 11.3 Å². The lowest BCUT2D eigenvalue weighted by atomic mass is 10.2. The minimum absolute atomic E-state index is 0.227. The number of pyridine rings is 1. The Morgan fingerprint density at radius 3 is 3.05 bits per heavy atom. The van der Waals surface area contributed by atoms with Gasteiger partial charge in [0.1, 0.15) is 0 Å². The third-order valence-corrected chi connectivity index (χ3v) is 2.58. The zero-order valence-electron chi connectivity index (χ0n) is 10.7. The summed E-state index contributed by atoms with van der Waals surface area (Å²) in [5, 5.41) is 9.56. The molecule has 2 aromatic heterocycles. The summed E-state index contributed by atoms with van der Waals surface area (Å²) in [6.45, 7) is 1.47. The number of amides is 1. The molecule has 2 N–H and O–H groups in total. The number of nitrogens with zero attached hydrogens (tertiary/aromatic N) is 2. The number of carbonyl (C=O) groups excluding carboxylic acids is 1. The van der Waals surface area contributed by atoms with Gasteiger partial charge in [0.15, 0.2) is 11.5 Å². The molecule has 6 heteroatoms. The van der Waals surface area contributed by atoms with E-state index < -0.39 is 0 Å². The van der Waals surface area contributed by atoms with Crippen molar-refractivity contribution in [3.05, 3.63) is 36.3 Å². The Kier molecular flexibility index (Phi) is 4.63. The first-order valence-electron chi connectivity index (χ1n) is 6.11. The van der Waals surface area contributed by atoms with Gasteiger partial charge in [-0.2, -0.15) is 0 Å². The van der Waals surface area contributed by atoms with Crippen molar-refractivity contribution in [2.24, 2.45) is 0 Å². The highest BCUT2D eigenvalue weighted by molar-refractivity contribution is 5.93. The Balaban J connectivity index is 1.95. The topological polar surface area (TPSA) is 80.0 Å². The Bertz CT molecular complexity index is 524. The van der Waals surface area contributed by atoms with E-state index in [9.17, 15) is 4.79 Å². The van der Waals surface area contributed by atoms with E-state index in [0.717, 1.165) is 18.5 Å². The predicted octanol–water partition coefficient (Wildman–Crippen LogP) is 1.08. The molecule has 0 aliphatic carbocycles. The van der Waals surface area contributed by atoms with Crippen LogP contribution in [0.5, 0.6) is 0 Å². The fraction of sp³-hybridized carbons (Fsp3) is 0.308. The quantitative estimate of drug-likeness (QED) is 0.760. The van der Waals surface area contributed by atoms with E-state index in [-0.39, 0.29) is 11.6 Å². The number of carbonyl (C=O) groups is 1. The fourth-order valence-corrected chi connectivity index (χ4v) is 1.58. The molecular formula is C13H16N4O2. The van der Waals surface area contributed by atoms with Crippen molar-refractivity contribution in [1.29, 1.82) is 0 Å². The third-order valence-electron chi connectivity index (χ3n) is 2.58. The zero-order chi connectivity index (χ0) is 13.5. The van der Waals surface area contributed by atoms with Gasteiger partial charge in [-0.25, -0.2) is 0 Å². The normalized spacial score (nSPS) is 10.4. The molecule has 0 saturated heterocycles. The largest absolute Gasteiger partial charge is 0.355 e. The highest BCUT2D eigenvalue weighted by Gasteiger charge is 2.12. The second-order valence-corrected chi connectivity index (χ2v) is 4.03. The molecule has 0 fully saturated rings. The van der Waals surface area contributed by atoms with Gasteiger partial charge in [-0.15, -0.1) is 0 Å². The SMILES string of the molecule is CNCCCNC(=O)c1cc(-c2cccnc2)on1. The van der Waals surface area contributed by atoms with Crippen LogP contribution < -0.4 is 10.6 Å². The fourth-order valence-electron chi connectivity index (χ4n) is 1.58. The van der Waals surface area contributed by atoms with Crippen LogP contribution in [-0.4, -0.2) is 36.2 Å². The van der Waals surface area contributed by atoms with E-state index in [1.54, 1.807) is 24.5 Å². The van der Waals surface area contributed by atoms with E-state index in [1.807, 2.05) is 13.1 Å². The van der Waals surface area contributed by atoms with Crippen LogP contribution in [0.15, 0.2) is 35.1 Å². The summed E-state index contributed by atoms with van der Waals surface area (Å²) in [6, 6.07) is 5.27. The first-order valence-corrected chi connectivity index (χ1v) is 6.11. The highest BCUT2D eigenvalue weighted by atomic mass is 16.5. The van der Waals surface area contributed by atoms with Gasteiger partial charge in [0, 0.05) is 30.6 Å². The van der Waals surface area contributed by atoms with Crippen LogP contribution >= 0.6 is 0 Å². The minimum Gasteiger partial charge on any atom is -0.355 e. The average Bonchev–Trinajstić information content (AvgIpc) is 2.94. The predicted molar refractivity (Wildman–Crippen MR) is 70.6 cm³/mol. The Morgan fingerprint density at radius 2 is 2.32 bits per heavy atom. The third kappa shape index (κ3) is 3.62. The molecule has 0 radical (unpaired) electrons. The number of nitrogens with one attached hydrogen (secondary N) is 2. The van der Waals surface area contributed by atoms with Gasteiger partial charge in [-0.1, -0.05) is 5.16 Å². The first kappa shape index (κ1) is 13.2. The van der Waals surface area contributed by atoms with Crippen molar-refractivity contribution in [2.45, 2.75) is 6.42 Å². The number of rotatable bonds is 6. The summed E-state index contributed by atoms with van der Waals surface area (Å²) in [4.78, 5) is 15.8. The lowest BCUT2D eigenvalue weighted by Gasteiger charge is -2.01. The van der Waals surface area contributed by atoms with E-state index in [1.165, 1.54) is 0 Å². The molecular weight excluding hydrogens is 244 g/mol. The Hall–Kier alpha value is -2.21. The van der Waals surface area contributed by atoms with Crippen molar-refractivity contribution >= 4 is 5.91 Å². The molecule has 0 aliphatic rings. The van der Waals surface area contributed by atoms with Gasteiger partial charge in [0.25, 0.3) is 5.91 Å². The van der Waals surface area contributed by atoms with Gasteiger partial charge in [-0.05, 0) is 32.1 Å². The molecule has 0 aromatic carbocycles. The van der Waals surface area contributed by atoms with Crippen LogP contribution in [0, 0.1) is 0 Å². The van der Waals surface area contributed by atoms with E-state index >= 15 is 0 Å². The van der Waals surface area contributed by atoms with Gasteiger partial charge in [0.05, 0.1) is 0 Å². The van der Waals surface area contributed by atoms with Gasteiger partial charge >= 0.3 is 0 Å². The van der Waals surface area contributed by atoms with E-state index in [0.29, 0.717) is 12.3 Å². The molecule has 6 nitrogen and oxygen atoms in total. The standard InChI is InChI=1S/C13H16N4O2/c1-14-5-3-7-16-13(18)11-8-12(19-17-11)10-4-2-6-15-9-10/h2,4,6,8-9,14H,3,5,7H2,1H3,(H,16,18). The van der Waals surface area contributed by atoms with Crippen molar-refractivity contribution in [3.63, 3.8) is 0 Å². The molecule has 0 spiro atoms. The van der Waals surface area contributed by atoms with Crippen LogP contribution in [0.4, 0.5) is 0 Å². The molecule has 2 aromatic rings. The second kappa shape index (κ2) is 6.65. The molecule has 1 amide bonds. The maximum atomic E-state index is 11.8. The van der Waals surface area contributed by atoms with Crippen LogP contribution in [-0.2, 0) is 0 Å². The first-order chi connectivity index (χ1) is 9.31. The molecule has 19 heavy (non-hydrogen) atoms. The van der Waals surface area contributed by atoms with Crippen LogP contribution in [0.1, 0.15) is 16.9 Å². The van der Waals surface area contributed by atoms with E-state index in [2.05, 4.69) is 20.8 Å². The monoisotopic (exact) mass is 260 g/mol.